The lowest BCUT2D eigenvalue weighted by Crippen LogP contribution is -2.44. The van der Waals surface area contributed by atoms with Crippen molar-refractivity contribution in [2.45, 2.75) is 49.7 Å². The molecular weight excluding hydrogens is 660 g/mol. The molecule has 1 aliphatic heterocycles. The molecule has 44 heavy (non-hydrogen) atoms. The van der Waals surface area contributed by atoms with Crippen molar-refractivity contribution in [2.75, 3.05) is 13.2 Å². The molecule has 2 amide bonds. The Morgan fingerprint density at radius 1 is 1.25 bits per heavy atom. The van der Waals surface area contributed by atoms with Gasteiger partial charge in [0.05, 0.1) is 27.8 Å². The molecule has 3 heterocycles. The molecule has 2 aromatic heterocycles. The lowest BCUT2D eigenvalue weighted by molar-refractivity contribution is -0.123. The zero-order valence-corrected chi connectivity index (χ0v) is 25.8. The van der Waals surface area contributed by atoms with Crippen molar-refractivity contribution in [3.63, 3.8) is 0 Å². The fourth-order valence-electron chi connectivity index (χ4n) is 5.79. The average molecular weight is 687 g/mol. The largest absolute Gasteiger partial charge is 0.489 e. The van der Waals surface area contributed by atoms with Crippen molar-refractivity contribution in [1.29, 1.82) is 0 Å². The number of rotatable bonds is 8. The highest BCUT2D eigenvalue weighted by Crippen LogP contribution is 2.50. The number of ether oxygens (including phenoxy) is 1. The number of nitrogens with one attached hydrogen (secondary N) is 1. The quantitative estimate of drug-likeness (QED) is 0.216. The van der Waals surface area contributed by atoms with E-state index in [0.717, 1.165) is 24.3 Å². The number of aromatic nitrogens is 3. The molecular formula is C31H27BrClF2N5O4. The summed E-state index contributed by atoms with van der Waals surface area (Å²) in [5.74, 6) is -3.04. The highest BCUT2D eigenvalue weighted by atomic mass is 79.9. The van der Waals surface area contributed by atoms with E-state index in [9.17, 15) is 19.1 Å². The highest BCUT2D eigenvalue weighted by Gasteiger charge is 2.50. The topological polar surface area (TPSA) is 132 Å². The highest BCUT2D eigenvalue weighted by molar-refractivity contribution is 9.10. The van der Waals surface area contributed by atoms with Crippen LogP contribution in [-0.2, 0) is 15.8 Å². The van der Waals surface area contributed by atoms with Gasteiger partial charge in [-0.3, -0.25) is 14.3 Å². The normalized spacial score (nSPS) is 20.7. The van der Waals surface area contributed by atoms with E-state index in [2.05, 4.69) is 31.3 Å². The third-order valence-electron chi connectivity index (χ3n) is 8.88. The SMILES string of the molecule is C[C@]1(C(N)=O)COc2c1cc([C@@](O)(CNC(=O)c1cc(Cl)c3nn(C4CC4)cc3c1)C1CC1)nc2-c1ccc(F)c(Br)c1F. The Balaban J connectivity index is 1.27. The molecule has 0 radical (unpaired) electrons. The van der Waals surface area contributed by atoms with Gasteiger partial charge in [0.15, 0.2) is 0 Å². The summed E-state index contributed by atoms with van der Waals surface area (Å²) in [5, 5.41) is 20.6. The van der Waals surface area contributed by atoms with Crippen LogP contribution in [-0.4, -0.2) is 44.8 Å². The number of aliphatic hydroxyl groups is 1. The van der Waals surface area contributed by atoms with Gasteiger partial charge in [-0.1, -0.05) is 11.6 Å². The summed E-state index contributed by atoms with van der Waals surface area (Å²) in [7, 11) is 0. The Bertz CT molecular complexity index is 1890. The number of hydrogen-bond acceptors (Lipinski definition) is 6. The maximum atomic E-state index is 15.4. The molecule has 7 rings (SSSR count). The number of benzene rings is 2. The van der Waals surface area contributed by atoms with E-state index < -0.39 is 38.9 Å². The lowest BCUT2D eigenvalue weighted by atomic mass is 9.81. The van der Waals surface area contributed by atoms with Gasteiger partial charge >= 0.3 is 0 Å². The molecule has 2 fully saturated rings. The Morgan fingerprint density at radius 3 is 2.68 bits per heavy atom. The third kappa shape index (κ3) is 4.65. The number of carbonyl (C=O) groups is 2. The van der Waals surface area contributed by atoms with Crippen molar-refractivity contribution in [2.24, 2.45) is 11.7 Å². The molecule has 2 aliphatic carbocycles. The molecule has 0 saturated heterocycles. The van der Waals surface area contributed by atoms with Crippen LogP contribution in [0, 0.1) is 17.6 Å². The van der Waals surface area contributed by atoms with Crippen LogP contribution in [0.15, 0.2) is 41.0 Å². The van der Waals surface area contributed by atoms with Gasteiger partial charge in [0, 0.05) is 28.3 Å². The van der Waals surface area contributed by atoms with Crippen molar-refractivity contribution in [3.05, 3.63) is 74.5 Å². The second-order valence-corrected chi connectivity index (χ2v) is 13.3. The zero-order chi connectivity index (χ0) is 31.1. The molecule has 2 saturated carbocycles. The predicted octanol–water partition coefficient (Wildman–Crippen LogP) is 5.29. The Morgan fingerprint density at radius 2 is 2.00 bits per heavy atom. The van der Waals surface area contributed by atoms with Gasteiger partial charge in [-0.05, 0) is 84.8 Å². The number of fused-ring (bicyclic) bond motifs is 2. The molecule has 2 atom stereocenters. The molecule has 228 valence electrons. The van der Waals surface area contributed by atoms with Crippen molar-refractivity contribution in [3.8, 4) is 17.0 Å². The zero-order valence-electron chi connectivity index (χ0n) is 23.5. The number of nitrogens with two attached hydrogens (primary N) is 1. The van der Waals surface area contributed by atoms with Crippen molar-refractivity contribution in [1.82, 2.24) is 20.1 Å². The van der Waals surface area contributed by atoms with E-state index in [0.29, 0.717) is 40.5 Å². The minimum Gasteiger partial charge on any atom is -0.489 e. The first kappa shape index (κ1) is 29.1. The van der Waals surface area contributed by atoms with Crippen LogP contribution in [0.2, 0.25) is 5.02 Å². The second kappa shape index (κ2) is 10.2. The van der Waals surface area contributed by atoms with Crippen LogP contribution in [0.25, 0.3) is 22.2 Å². The first-order chi connectivity index (χ1) is 20.9. The Labute approximate surface area is 263 Å². The predicted molar refractivity (Wildman–Crippen MR) is 161 cm³/mol. The van der Waals surface area contributed by atoms with Gasteiger partial charge in [0.2, 0.25) is 5.91 Å². The Kier molecular flexibility index (Phi) is 6.76. The standard InChI is InChI=1S/C31H27BrClF2N5O4/c1-30(29(36)42)13-44-27-19(30)10-22(38-26(27)18-6-7-21(34)23(32)24(18)35)31(43,16-2-3-16)12-37-28(41)14-8-15-11-40(17-4-5-17)39-25(15)20(33)9-14/h6-11,16-17,43H,2-5,12-13H2,1H3,(H2,36,42)(H,37,41)/t30-,31+/m0/s1. The average Bonchev–Trinajstić information content (AvgIpc) is 3.94. The number of amides is 2. The Hall–Kier alpha value is -3.61. The number of primary amides is 1. The molecule has 0 unspecified atom stereocenters. The molecule has 3 aliphatic rings. The molecule has 2 aromatic carbocycles. The molecule has 0 bridgehead atoms. The summed E-state index contributed by atoms with van der Waals surface area (Å²) >= 11 is 9.42. The molecule has 4 aromatic rings. The summed E-state index contributed by atoms with van der Waals surface area (Å²) in [6, 6.07) is 7.42. The maximum absolute atomic E-state index is 15.4. The smallest absolute Gasteiger partial charge is 0.251 e. The number of halogens is 4. The first-order valence-electron chi connectivity index (χ1n) is 14.2. The summed E-state index contributed by atoms with van der Waals surface area (Å²) in [6.45, 7) is 1.23. The number of nitrogens with zero attached hydrogens (tertiary/aromatic N) is 3. The van der Waals surface area contributed by atoms with E-state index in [1.165, 1.54) is 18.2 Å². The minimum absolute atomic E-state index is 0.0176. The minimum atomic E-state index is -1.70. The van der Waals surface area contributed by atoms with Crippen LogP contribution >= 0.6 is 27.5 Å². The van der Waals surface area contributed by atoms with Crippen LogP contribution < -0.4 is 15.8 Å². The van der Waals surface area contributed by atoms with E-state index >= 15 is 4.39 Å². The molecule has 4 N–H and O–H groups in total. The van der Waals surface area contributed by atoms with Gasteiger partial charge in [-0.2, -0.15) is 5.10 Å². The first-order valence-corrected chi connectivity index (χ1v) is 15.4. The number of carbonyl (C=O) groups excluding carboxylic acids is 2. The van der Waals surface area contributed by atoms with Crippen LogP contribution in [0.3, 0.4) is 0 Å². The van der Waals surface area contributed by atoms with Gasteiger partial charge in [-0.15, -0.1) is 0 Å². The summed E-state index contributed by atoms with van der Waals surface area (Å²) < 4.78 is 36.8. The number of hydrogen-bond donors (Lipinski definition) is 3. The molecule has 0 spiro atoms. The van der Waals surface area contributed by atoms with Crippen LogP contribution in [0.4, 0.5) is 8.78 Å². The third-order valence-corrected chi connectivity index (χ3v) is 9.90. The lowest BCUT2D eigenvalue weighted by Gasteiger charge is -2.30. The monoisotopic (exact) mass is 685 g/mol. The van der Waals surface area contributed by atoms with Gasteiger partial charge in [0.25, 0.3) is 5.91 Å². The van der Waals surface area contributed by atoms with Crippen molar-refractivity contribution >= 4 is 50.2 Å². The summed E-state index contributed by atoms with van der Waals surface area (Å²) in [4.78, 5) is 30.6. The van der Waals surface area contributed by atoms with Crippen LogP contribution in [0.5, 0.6) is 5.75 Å². The van der Waals surface area contributed by atoms with Gasteiger partial charge < -0.3 is 20.9 Å². The molecule has 9 nitrogen and oxygen atoms in total. The van der Waals surface area contributed by atoms with E-state index in [1.807, 2.05) is 10.9 Å². The fraction of sp³-hybridized carbons (Fsp3) is 0.355. The fourth-order valence-corrected chi connectivity index (χ4v) is 6.40. The van der Waals surface area contributed by atoms with Gasteiger partial charge in [0.1, 0.15) is 46.2 Å². The summed E-state index contributed by atoms with van der Waals surface area (Å²) in [5.41, 5.74) is 3.99. The maximum Gasteiger partial charge on any atom is 0.251 e. The number of pyridine rings is 1. The van der Waals surface area contributed by atoms with Crippen LogP contribution in [0.1, 0.15) is 60.3 Å². The van der Waals surface area contributed by atoms with Gasteiger partial charge in [-0.25, -0.2) is 13.8 Å². The van der Waals surface area contributed by atoms with Crippen molar-refractivity contribution < 1.29 is 28.2 Å². The molecule has 13 heteroatoms. The van der Waals surface area contributed by atoms with E-state index in [4.69, 9.17) is 22.1 Å². The second-order valence-electron chi connectivity index (χ2n) is 12.1. The summed E-state index contributed by atoms with van der Waals surface area (Å²) in [6.07, 6.45) is 5.27. The van der Waals surface area contributed by atoms with E-state index in [1.54, 1.807) is 13.0 Å². The van der Waals surface area contributed by atoms with E-state index in [-0.39, 0.29) is 41.8 Å².